The largest absolute Gasteiger partial charge is 0.481 e. The number of carboxylic acids is 2. The van der Waals surface area contributed by atoms with Crippen LogP contribution < -0.4 is 9.80 Å². The van der Waals surface area contributed by atoms with Gasteiger partial charge in [0, 0.05) is 85.7 Å². The predicted molar refractivity (Wildman–Crippen MR) is 251 cm³/mol. The number of hydrogen-bond donors (Lipinski definition) is 4. The van der Waals surface area contributed by atoms with Crippen molar-refractivity contribution in [2.75, 3.05) is 55.7 Å². The van der Waals surface area contributed by atoms with Gasteiger partial charge in [0.2, 0.25) is 0 Å². The molecule has 1 amide bonds. The Hall–Kier alpha value is -5.17. The number of carboxylic acid groups (broad SMARTS) is 2. The van der Waals surface area contributed by atoms with E-state index in [1.165, 1.54) is 18.2 Å². The molecule has 2 aromatic carbocycles. The highest BCUT2D eigenvalue weighted by molar-refractivity contribution is 7.86. The van der Waals surface area contributed by atoms with Crippen LogP contribution in [0.2, 0.25) is 0 Å². The number of unbranched alkanes of at least 4 members (excludes halogenated alkanes) is 4. The first kappa shape index (κ1) is 50.2. The molecule has 4 N–H and O–H groups in total. The minimum atomic E-state index is -4.47. The first-order chi connectivity index (χ1) is 31.0. The second-order valence-corrected chi connectivity index (χ2v) is 21.3. The quantitative estimate of drug-likeness (QED) is 0.0776. The Kier molecular flexibility index (Phi) is 15.5. The minimum Gasteiger partial charge on any atom is -0.481 e. The van der Waals surface area contributed by atoms with E-state index in [2.05, 4.69) is 39.0 Å². The number of benzene rings is 2. The lowest BCUT2D eigenvalue weighted by Gasteiger charge is -2.37. The molecule has 0 spiro atoms. The van der Waals surface area contributed by atoms with Gasteiger partial charge in [-0.15, -0.1) is 0 Å². The average Bonchev–Trinajstić information content (AvgIpc) is 3.81. The topological polar surface area (TPSA) is 223 Å². The van der Waals surface area contributed by atoms with Crippen LogP contribution in [0, 0.1) is 0 Å². The molecule has 4 aliphatic rings. The smallest absolute Gasteiger partial charge is 0.409 e. The molecule has 0 aromatic heterocycles. The first-order valence-electron chi connectivity index (χ1n) is 22.8. The van der Waals surface area contributed by atoms with Crippen molar-refractivity contribution in [3.8, 4) is 0 Å². The number of piperazine rings is 1. The van der Waals surface area contributed by atoms with Gasteiger partial charge in [-0.25, -0.2) is 4.79 Å². The molecule has 1 aliphatic carbocycles. The van der Waals surface area contributed by atoms with E-state index < -0.39 is 43.0 Å². The molecular weight excluding hydrogens is 889 g/mol. The molecule has 16 nitrogen and oxygen atoms in total. The Morgan fingerprint density at radius 3 is 1.89 bits per heavy atom. The van der Waals surface area contributed by atoms with Gasteiger partial charge in [0.25, 0.3) is 20.2 Å². The van der Waals surface area contributed by atoms with Crippen LogP contribution in [0.1, 0.15) is 110 Å². The summed E-state index contributed by atoms with van der Waals surface area (Å²) < 4.78 is 74.4. The zero-order chi connectivity index (χ0) is 48.2. The van der Waals surface area contributed by atoms with Crippen LogP contribution in [-0.4, -0.2) is 116 Å². The third-order valence-electron chi connectivity index (χ3n) is 13.4. The van der Waals surface area contributed by atoms with Gasteiger partial charge in [0.05, 0.1) is 22.4 Å². The highest BCUT2D eigenvalue weighted by Gasteiger charge is 2.44. The van der Waals surface area contributed by atoms with E-state index in [4.69, 9.17) is 4.74 Å². The molecule has 1 unspecified atom stereocenters. The summed E-state index contributed by atoms with van der Waals surface area (Å²) in [5, 5.41) is 18.4. The second kappa shape index (κ2) is 20.4. The number of hydrogen-bond acceptors (Lipinski definition) is 11. The van der Waals surface area contributed by atoms with Crippen molar-refractivity contribution in [1.82, 2.24) is 9.80 Å². The molecule has 3 aliphatic heterocycles. The average molecular weight is 953 g/mol. The highest BCUT2D eigenvalue weighted by atomic mass is 32.2. The summed E-state index contributed by atoms with van der Waals surface area (Å²) in [5.41, 5.74) is 6.00. The molecule has 6 rings (SSSR count). The predicted octanol–water partition coefficient (Wildman–Crippen LogP) is 7.92. The van der Waals surface area contributed by atoms with Crippen LogP contribution in [0.5, 0.6) is 0 Å². The molecule has 0 bridgehead atoms. The van der Waals surface area contributed by atoms with Crippen LogP contribution >= 0.6 is 0 Å². The first-order valence-corrected chi connectivity index (χ1v) is 25.6. The fourth-order valence-corrected chi connectivity index (χ4v) is 10.9. The lowest BCUT2D eigenvalue weighted by Crippen LogP contribution is -2.48. The summed E-state index contributed by atoms with van der Waals surface area (Å²) in [7, 11) is -8.94. The molecular formula is C48H64N4O12S2. The molecule has 1 fully saturated rings. The number of carbonyl (C=O) groups is 3. The fraction of sp³-hybridized carbons (Fsp3) is 0.521. The van der Waals surface area contributed by atoms with Gasteiger partial charge >= 0.3 is 18.0 Å². The number of rotatable bonds is 19. The maximum Gasteiger partial charge on any atom is 0.409 e. The van der Waals surface area contributed by atoms with Crippen LogP contribution in [0.15, 0.2) is 93.0 Å². The number of nitrogens with zero attached hydrogens (tertiary/aromatic N) is 4. The normalized spacial score (nSPS) is 20.5. The van der Waals surface area contributed by atoms with Crippen molar-refractivity contribution in [1.29, 1.82) is 0 Å². The number of fused-ring (bicyclic) bond motifs is 2. The van der Waals surface area contributed by atoms with E-state index in [1.807, 2.05) is 27.7 Å². The van der Waals surface area contributed by atoms with Crippen LogP contribution in [0.25, 0.3) is 0 Å². The number of carbonyl (C=O) groups excluding carboxylic acids is 1. The Morgan fingerprint density at radius 1 is 0.742 bits per heavy atom. The van der Waals surface area contributed by atoms with Crippen molar-refractivity contribution >= 4 is 49.6 Å². The summed E-state index contributed by atoms with van der Waals surface area (Å²) in [4.78, 5) is 43.2. The third-order valence-corrected chi connectivity index (χ3v) is 15.1. The van der Waals surface area contributed by atoms with Gasteiger partial charge in [-0.1, -0.05) is 58.8 Å². The molecule has 66 heavy (non-hydrogen) atoms. The van der Waals surface area contributed by atoms with Crippen molar-refractivity contribution in [2.45, 2.75) is 125 Å². The van der Waals surface area contributed by atoms with Gasteiger partial charge in [0.1, 0.15) is 0 Å². The summed E-state index contributed by atoms with van der Waals surface area (Å²) in [6.45, 7) is 13.4. The molecule has 3 heterocycles. The monoisotopic (exact) mass is 952 g/mol. The number of allylic oxidation sites excluding steroid dienone is 6. The maximum atomic E-state index is 12.7. The molecule has 360 valence electrons. The Bertz CT molecular complexity index is 2540. The highest BCUT2D eigenvalue weighted by Crippen LogP contribution is 2.50. The van der Waals surface area contributed by atoms with E-state index in [0.29, 0.717) is 90.6 Å². The van der Waals surface area contributed by atoms with Crippen molar-refractivity contribution in [3.63, 3.8) is 0 Å². The zero-order valence-electron chi connectivity index (χ0n) is 38.5. The molecule has 0 radical (unpaired) electrons. The Labute approximate surface area is 388 Å². The maximum absolute atomic E-state index is 12.7. The van der Waals surface area contributed by atoms with E-state index in [-0.39, 0.29) is 41.4 Å². The van der Waals surface area contributed by atoms with Crippen molar-refractivity contribution < 1.29 is 55.3 Å². The summed E-state index contributed by atoms with van der Waals surface area (Å²) in [6, 6.07) is 9.08. The zero-order valence-corrected chi connectivity index (χ0v) is 40.2. The van der Waals surface area contributed by atoms with E-state index in [1.54, 1.807) is 30.0 Å². The van der Waals surface area contributed by atoms with Gasteiger partial charge in [0.15, 0.2) is 0 Å². The van der Waals surface area contributed by atoms with Gasteiger partial charge in [-0.2, -0.15) is 16.8 Å². The van der Waals surface area contributed by atoms with E-state index >= 15 is 0 Å². The third kappa shape index (κ3) is 11.2. The SMILES string of the molecule is CCOC(=O)N1CCN(C2=C(/C=C/C3N(CCCCCC(=O)O)c4ccc(S(=O)(=O)O)cc4C3(C)C)CC/C2=C\C=C2\N(CCCCCC(=O)O)c3ccc(S(=O)(=O)O)cc3C2(C)C)CC1. The van der Waals surface area contributed by atoms with E-state index in [9.17, 15) is 50.5 Å². The van der Waals surface area contributed by atoms with Crippen LogP contribution in [-0.2, 0) is 45.4 Å². The lowest BCUT2D eigenvalue weighted by atomic mass is 9.80. The molecule has 1 atom stereocenters. The summed E-state index contributed by atoms with van der Waals surface area (Å²) >= 11 is 0. The van der Waals surface area contributed by atoms with Crippen LogP contribution in [0.3, 0.4) is 0 Å². The number of anilines is 2. The number of ether oxygens (including phenoxy) is 1. The molecule has 18 heteroatoms. The molecule has 2 aromatic rings. The summed E-state index contributed by atoms with van der Waals surface area (Å²) in [5.74, 6) is -1.69. The van der Waals surface area contributed by atoms with Crippen molar-refractivity contribution in [3.05, 3.63) is 94.4 Å². The standard InChI is InChI=1S/C48H64N4O12S2/c1-6-64-46(57)50-29-27-49(28-30-50)45-33(17-23-41-47(2,3)37-31-35(65(58,59)60)19-21-39(37)51(41)25-11-7-9-13-43(53)54)15-16-34(45)18-24-42-48(4,5)38-32-36(66(61,62)63)20-22-40(38)52(42)26-12-8-10-14-44(55)56/h17-24,31-32,41H,6-16,25-30H2,1-5H3,(H,53,54)(H,55,56)(H,58,59,60)(H,61,62,63)/b23-17+,34-18+,42-24+. The van der Waals surface area contributed by atoms with Gasteiger partial charge in [-0.05, 0) is 110 Å². The number of aliphatic carboxylic acids is 2. The minimum absolute atomic E-state index is 0.0707. The summed E-state index contributed by atoms with van der Waals surface area (Å²) in [6.07, 6.45) is 13.5. The Balaban J connectivity index is 1.40. The number of amides is 1. The fourth-order valence-electron chi connectivity index (χ4n) is 9.92. The van der Waals surface area contributed by atoms with E-state index in [0.717, 1.165) is 45.0 Å². The lowest BCUT2D eigenvalue weighted by molar-refractivity contribution is -0.138. The van der Waals surface area contributed by atoms with Crippen LogP contribution in [0.4, 0.5) is 16.2 Å². The molecule has 1 saturated heterocycles. The van der Waals surface area contributed by atoms with Gasteiger partial charge in [-0.3, -0.25) is 18.7 Å². The van der Waals surface area contributed by atoms with Crippen molar-refractivity contribution in [2.24, 2.45) is 0 Å². The molecule has 0 saturated carbocycles. The second-order valence-electron chi connectivity index (χ2n) is 18.5. The Morgan fingerprint density at radius 2 is 1.32 bits per heavy atom. The van der Waals surface area contributed by atoms with Gasteiger partial charge < -0.3 is 34.5 Å².